The van der Waals surface area contributed by atoms with Crippen LogP contribution < -0.4 is 14.5 Å². The molecule has 0 N–H and O–H groups in total. The maximum Gasteiger partial charge on any atom is 0.152 e. The van der Waals surface area contributed by atoms with Gasteiger partial charge in [0.05, 0.1) is 22.7 Å². The minimum absolute atomic E-state index is 0.307. The molecule has 58 heavy (non-hydrogen) atoms. The van der Waals surface area contributed by atoms with E-state index in [1.54, 1.807) is 0 Å². The molecular weight excluding hydrogens is 705 g/mol. The van der Waals surface area contributed by atoms with Gasteiger partial charge in [0.2, 0.25) is 0 Å². The Kier molecular flexibility index (Phi) is 7.84. The molecule has 0 saturated carbocycles. The van der Waals surface area contributed by atoms with Crippen molar-refractivity contribution in [2.75, 3.05) is 9.80 Å². The average molecular weight is 745 g/mol. The zero-order valence-electron chi connectivity index (χ0n) is 32.4. The predicted molar refractivity (Wildman–Crippen MR) is 242 cm³/mol. The first-order valence-corrected chi connectivity index (χ1v) is 20.0. The van der Waals surface area contributed by atoms with Crippen molar-refractivity contribution in [2.24, 2.45) is 0 Å². The first kappa shape index (κ1) is 33.9. The van der Waals surface area contributed by atoms with Gasteiger partial charge in [-0.3, -0.25) is 0 Å². The topological polar surface area (TPSA) is 15.7 Å². The smallest absolute Gasteiger partial charge is 0.152 e. The predicted octanol–water partition coefficient (Wildman–Crippen LogP) is 15.5. The SMILES string of the molecule is CC1(C)c2cccc3c2N(c2cccc(-c4ccc(N(c5ccc(-c6ccccc6)cc5)c5ccccc5-c5ccccc5)cc4)c21)c1c(ccc2ccccc12)O3. The highest BCUT2D eigenvalue weighted by Crippen LogP contribution is 2.62. The van der Waals surface area contributed by atoms with Crippen molar-refractivity contribution >= 4 is 44.9 Å². The summed E-state index contributed by atoms with van der Waals surface area (Å²) in [5, 5.41) is 2.37. The fraction of sp³-hybridized carbons (Fsp3) is 0.0545. The molecule has 0 aliphatic carbocycles. The normalized spacial score (nSPS) is 13.2. The van der Waals surface area contributed by atoms with Crippen LogP contribution in [0.25, 0.3) is 44.2 Å². The van der Waals surface area contributed by atoms with Gasteiger partial charge in [-0.2, -0.15) is 0 Å². The molecule has 0 amide bonds. The lowest BCUT2D eigenvalue weighted by Crippen LogP contribution is -2.33. The number of anilines is 6. The maximum atomic E-state index is 6.68. The number of benzene rings is 9. The highest BCUT2D eigenvalue weighted by atomic mass is 16.5. The fourth-order valence-electron chi connectivity index (χ4n) is 9.30. The Morgan fingerprint density at radius 1 is 0.431 bits per heavy atom. The van der Waals surface area contributed by atoms with Gasteiger partial charge >= 0.3 is 0 Å². The zero-order valence-corrected chi connectivity index (χ0v) is 32.4. The van der Waals surface area contributed by atoms with E-state index in [1.807, 2.05) is 0 Å². The molecule has 3 nitrogen and oxygen atoms in total. The number of hydrogen-bond donors (Lipinski definition) is 0. The summed E-state index contributed by atoms with van der Waals surface area (Å²) >= 11 is 0. The second-order valence-corrected chi connectivity index (χ2v) is 15.7. The molecule has 0 aromatic heterocycles. The Morgan fingerprint density at radius 2 is 1.00 bits per heavy atom. The molecule has 0 unspecified atom stereocenters. The first-order valence-electron chi connectivity index (χ1n) is 20.0. The van der Waals surface area contributed by atoms with Gasteiger partial charge in [-0.25, -0.2) is 0 Å². The van der Waals surface area contributed by atoms with Crippen LogP contribution in [0.2, 0.25) is 0 Å². The molecule has 0 fully saturated rings. The van der Waals surface area contributed by atoms with Gasteiger partial charge in [0.25, 0.3) is 0 Å². The molecule has 0 bridgehead atoms. The quantitative estimate of drug-likeness (QED) is 0.169. The van der Waals surface area contributed by atoms with Crippen molar-refractivity contribution in [2.45, 2.75) is 19.3 Å². The number of ether oxygens (including phenoxy) is 1. The summed E-state index contributed by atoms with van der Waals surface area (Å²) in [5.74, 6) is 1.76. The fourth-order valence-corrected chi connectivity index (χ4v) is 9.30. The Hall–Kier alpha value is -7.36. The van der Waals surface area contributed by atoms with Gasteiger partial charge in [0, 0.05) is 27.7 Å². The van der Waals surface area contributed by atoms with E-state index in [-0.39, 0.29) is 5.41 Å². The monoisotopic (exact) mass is 744 g/mol. The Balaban J connectivity index is 1.06. The van der Waals surface area contributed by atoms with Gasteiger partial charge < -0.3 is 14.5 Å². The van der Waals surface area contributed by atoms with E-state index >= 15 is 0 Å². The minimum atomic E-state index is -0.307. The van der Waals surface area contributed by atoms with E-state index in [4.69, 9.17) is 4.74 Å². The first-order chi connectivity index (χ1) is 28.5. The van der Waals surface area contributed by atoms with E-state index in [9.17, 15) is 0 Å². The van der Waals surface area contributed by atoms with Crippen LogP contribution in [0.5, 0.6) is 11.5 Å². The lowest BCUT2D eigenvalue weighted by atomic mass is 9.70. The van der Waals surface area contributed by atoms with Gasteiger partial charge in [0.1, 0.15) is 0 Å². The highest BCUT2D eigenvalue weighted by Gasteiger charge is 2.43. The zero-order chi connectivity index (χ0) is 38.8. The van der Waals surface area contributed by atoms with Crippen LogP contribution in [-0.4, -0.2) is 0 Å². The molecule has 9 aromatic rings. The van der Waals surface area contributed by atoms with Crippen molar-refractivity contribution < 1.29 is 4.74 Å². The second kappa shape index (κ2) is 13.4. The maximum absolute atomic E-state index is 6.68. The highest BCUT2D eigenvalue weighted by molar-refractivity contribution is 6.06. The summed E-state index contributed by atoms with van der Waals surface area (Å²) < 4.78 is 6.68. The molecule has 2 aliphatic rings. The molecule has 276 valence electrons. The minimum Gasteiger partial charge on any atom is -0.453 e. The summed E-state index contributed by atoms with van der Waals surface area (Å²) in [6.07, 6.45) is 0. The molecule has 0 radical (unpaired) electrons. The van der Waals surface area contributed by atoms with Gasteiger partial charge in [0.15, 0.2) is 11.5 Å². The van der Waals surface area contributed by atoms with Crippen molar-refractivity contribution in [1.29, 1.82) is 0 Å². The summed E-state index contributed by atoms with van der Waals surface area (Å²) in [7, 11) is 0. The molecule has 3 heteroatoms. The van der Waals surface area contributed by atoms with Crippen molar-refractivity contribution in [3.8, 4) is 44.9 Å². The van der Waals surface area contributed by atoms with Crippen LogP contribution in [0.15, 0.2) is 206 Å². The third kappa shape index (κ3) is 5.35. The molecule has 11 rings (SSSR count). The van der Waals surface area contributed by atoms with Crippen molar-refractivity contribution in [3.63, 3.8) is 0 Å². The Bertz CT molecular complexity index is 2990. The summed E-state index contributed by atoms with van der Waals surface area (Å²) in [4.78, 5) is 4.85. The lowest BCUT2D eigenvalue weighted by Gasteiger charge is -2.46. The largest absolute Gasteiger partial charge is 0.453 e. The van der Waals surface area contributed by atoms with E-state index in [0.29, 0.717) is 0 Å². The van der Waals surface area contributed by atoms with E-state index in [2.05, 4.69) is 230 Å². The molecule has 0 spiro atoms. The Morgan fingerprint density at radius 3 is 1.76 bits per heavy atom. The average Bonchev–Trinajstić information content (AvgIpc) is 3.29. The van der Waals surface area contributed by atoms with E-state index < -0.39 is 0 Å². The number of para-hydroxylation sites is 2. The number of hydrogen-bond acceptors (Lipinski definition) is 3. The van der Waals surface area contributed by atoms with Crippen molar-refractivity contribution in [3.05, 3.63) is 217 Å². The van der Waals surface area contributed by atoms with Gasteiger partial charge in [-0.15, -0.1) is 0 Å². The molecule has 2 aliphatic heterocycles. The molecule has 0 atom stereocenters. The van der Waals surface area contributed by atoms with E-state index in [0.717, 1.165) is 39.9 Å². The van der Waals surface area contributed by atoms with Gasteiger partial charge in [-0.05, 0) is 92.9 Å². The molecular formula is C55H40N2O. The van der Waals surface area contributed by atoms with Crippen LogP contribution in [0.3, 0.4) is 0 Å². The number of fused-ring (bicyclic) bond motifs is 6. The summed E-state index contributed by atoms with van der Waals surface area (Å²) in [5.41, 5.74) is 16.1. The van der Waals surface area contributed by atoms with Gasteiger partial charge in [-0.1, -0.05) is 172 Å². The van der Waals surface area contributed by atoms with Crippen LogP contribution in [0.1, 0.15) is 25.0 Å². The van der Waals surface area contributed by atoms with Crippen LogP contribution in [0.4, 0.5) is 34.1 Å². The molecule has 0 saturated heterocycles. The third-order valence-corrected chi connectivity index (χ3v) is 12.0. The molecule has 9 aromatic carbocycles. The van der Waals surface area contributed by atoms with Crippen LogP contribution in [0, 0.1) is 0 Å². The summed E-state index contributed by atoms with van der Waals surface area (Å²) in [6, 6.07) is 74.3. The number of rotatable bonds is 6. The summed E-state index contributed by atoms with van der Waals surface area (Å²) in [6.45, 7) is 4.72. The van der Waals surface area contributed by atoms with Crippen molar-refractivity contribution in [1.82, 2.24) is 0 Å². The van der Waals surface area contributed by atoms with Crippen LogP contribution >= 0.6 is 0 Å². The third-order valence-electron chi connectivity index (χ3n) is 12.0. The van der Waals surface area contributed by atoms with E-state index in [1.165, 1.54) is 61.0 Å². The standard InChI is InChI=1S/C55H40N2O/c1-55(2)47-23-14-26-50-54(47)57(53-46-21-10-9-19-40(46)31-36-51(53)58-50)49-25-13-22-45(52(49)55)41-29-34-43(35-30-41)56(42-32-27-38(28-33-42)37-15-5-3-6-16-37)48-24-12-11-20-44(48)39-17-7-4-8-18-39/h3-36H,1-2H3. The number of nitrogens with zero attached hydrogens (tertiary/aromatic N) is 2. The second-order valence-electron chi connectivity index (χ2n) is 15.7. The Labute approximate surface area is 339 Å². The lowest BCUT2D eigenvalue weighted by molar-refractivity contribution is 0.472. The van der Waals surface area contributed by atoms with Crippen LogP contribution in [-0.2, 0) is 5.41 Å². The molecule has 2 heterocycles.